The molecule has 0 unspecified atom stereocenters. The number of amides is 2. The molecule has 0 atom stereocenters. The summed E-state index contributed by atoms with van der Waals surface area (Å²) in [6.07, 6.45) is 4.59. The van der Waals surface area contributed by atoms with E-state index in [2.05, 4.69) is 20.8 Å². The molecule has 1 aliphatic carbocycles. The topological polar surface area (TPSA) is 84.0 Å². The lowest BCUT2D eigenvalue weighted by Gasteiger charge is -2.10. The Morgan fingerprint density at radius 3 is 2.68 bits per heavy atom. The van der Waals surface area contributed by atoms with Crippen LogP contribution in [0.15, 0.2) is 30.3 Å². The van der Waals surface area contributed by atoms with Gasteiger partial charge in [0.15, 0.2) is 0 Å². The molecule has 2 aromatic rings. The molecule has 0 spiro atoms. The summed E-state index contributed by atoms with van der Waals surface area (Å²) in [5.74, 6) is 0.790. The summed E-state index contributed by atoms with van der Waals surface area (Å²) in [5.41, 5.74) is 0.724. The summed E-state index contributed by atoms with van der Waals surface area (Å²) in [4.78, 5) is 24.0. The maximum Gasteiger partial charge on any atom is 0.286 e. The first-order valence-electron chi connectivity index (χ1n) is 8.26. The van der Waals surface area contributed by atoms with Crippen LogP contribution in [0.1, 0.15) is 40.5 Å². The van der Waals surface area contributed by atoms with Crippen molar-refractivity contribution in [2.75, 3.05) is 11.1 Å². The van der Waals surface area contributed by atoms with Crippen LogP contribution >= 0.6 is 23.1 Å². The van der Waals surface area contributed by atoms with Gasteiger partial charge in [0.1, 0.15) is 5.01 Å². The van der Waals surface area contributed by atoms with Gasteiger partial charge in [0, 0.05) is 17.5 Å². The molecule has 1 aromatic heterocycles. The highest BCUT2D eigenvalue weighted by Gasteiger charge is 2.17. The van der Waals surface area contributed by atoms with Crippen molar-refractivity contribution in [2.45, 2.75) is 37.5 Å². The van der Waals surface area contributed by atoms with Crippen LogP contribution < -0.4 is 10.6 Å². The normalized spacial score (nSPS) is 14.4. The quantitative estimate of drug-likeness (QED) is 0.776. The van der Waals surface area contributed by atoms with Gasteiger partial charge in [-0.25, -0.2) is 0 Å². The van der Waals surface area contributed by atoms with E-state index in [1.165, 1.54) is 35.9 Å². The van der Waals surface area contributed by atoms with Crippen molar-refractivity contribution in [3.05, 3.63) is 40.3 Å². The van der Waals surface area contributed by atoms with Gasteiger partial charge in [0.2, 0.25) is 10.9 Å². The summed E-state index contributed by atoms with van der Waals surface area (Å²) in [6, 6.07) is 9.58. The Bertz CT molecular complexity index is 714. The van der Waals surface area contributed by atoms with Crippen LogP contribution in [0.2, 0.25) is 0 Å². The molecular formula is C17H20N4O2S2. The maximum absolute atomic E-state index is 12.1. The largest absolute Gasteiger partial charge is 0.353 e. The highest BCUT2D eigenvalue weighted by Crippen LogP contribution is 2.20. The minimum Gasteiger partial charge on any atom is -0.353 e. The lowest BCUT2D eigenvalue weighted by molar-refractivity contribution is -0.119. The third-order valence-corrected chi connectivity index (χ3v) is 5.92. The number of aromatic nitrogens is 2. The van der Waals surface area contributed by atoms with Crippen LogP contribution in [0, 0.1) is 0 Å². The van der Waals surface area contributed by atoms with Crippen molar-refractivity contribution < 1.29 is 9.59 Å². The number of carbonyl (C=O) groups excluding carboxylic acids is 2. The standard InChI is InChI=1S/C17H20N4O2S2/c22-14(18-12-8-4-5-9-12)10-24-11-15-20-21-17(25-15)16(23)19-13-6-2-1-3-7-13/h1-3,6-7,12H,4-5,8-11H2,(H,18,22)(H,19,23). The predicted octanol–water partition coefficient (Wildman–Crippen LogP) is 3.08. The van der Waals surface area contributed by atoms with Crippen LogP contribution in [-0.2, 0) is 10.5 Å². The van der Waals surface area contributed by atoms with Crippen LogP contribution in [0.4, 0.5) is 5.69 Å². The Hall–Kier alpha value is -1.93. The summed E-state index contributed by atoms with van der Waals surface area (Å²) in [7, 11) is 0. The number of para-hydroxylation sites is 1. The average Bonchev–Trinajstić information content (AvgIpc) is 3.28. The number of nitrogens with one attached hydrogen (secondary N) is 2. The Morgan fingerprint density at radius 2 is 1.92 bits per heavy atom. The van der Waals surface area contributed by atoms with Gasteiger partial charge in [-0.15, -0.1) is 22.0 Å². The number of nitrogens with zero attached hydrogens (tertiary/aromatic N) is 2. The van der Waals surface area contributed by atoms with Gasteiger partial charge in [-0.2, -0.15) is 0 Å². The van der Waals surface area contributed by atoms with Gasteiger partial charge in [0.05, 0.1) is 5.75 Å². The van der Waals surface area contributed by atoms with E-state index in [4.69, 9.17) is 0 Å². The fourth-order valence-corrected chi connectivity index (χ4v) is 4.30. The van der Waals surface area contributed by atoms with E-state index in [1.54, 1.807) is 0 Å². The number of hydrogen-bond donors (Lipinski definition) is 2. The molecule has 0 aliphatic heterocycles. The highest BCUT2D eigenvalue weighted by molar-refractivity contribution is 7.99. The fraction of sp³-hybridized carbons (Fsp3) is 0.412. The molecule has 25 heavy (non-hydrogen) atoms. The summed E-state index contributed by atoms with van der Waals surface area (Å²) in [5, 5.41) is 14.9. The van der Waals surface area contributed by atoms with E-state index in [1.807, 2.05) is 30.3 Å². The monoisotopic (exact) mass is 376 g/mol. The van der Waals surface area contributed by atoms with Crippen LogP contribution in [-0.4, -0.2) is 33.8 Å². The summed E-state index contributed by atoms with van der Waals surface area (Å²) >= 11 is 2.75. The molecule has 2 amide bonds. The minimum absolute atomic E-state index is 0.0726. The lowest BCUT2D eigenvalue weighted by Crippen LogP contribution is -2.33. The zero-order chi connectivity index (χ0) is 17.5. The number of benzene rings is 1. The van der Waals surface area contributed by atoms with Gasteiger partial charge in [-0.05, 0) is 25.0 Å². The zero-order valence-corrected chi connectivity index (χ0v) is 15.4. The maximum atomic E-state index is 12.1. The van der Waals surface area contributed by atoms with E-state index in [0.717, 1.165) is 23.5 Å². The first kappa shape index (κ1) is 17.9. The molecule has 1 saturated carbocycles. The van der Waals surface area contributed by atoms with Crippen molar-refractivity contribution in [3.8, 4) is 0 Å². The van der Waals surface area contributed by atoms with Crippen LogP contribution in [0.3, 0.4) is 0 Å². The number of anilines is 1. The Balaban J connectivity index is 1.42. The Kier molecular flexibility index (Phi) is 6.41. The molecule has 1 heterocycles. The number of thioether (sulfide) groups is 1. The second-order valence-corrected chi connectivity index (χ2v) is 7.91. The first-order valence-corrected chi connectivity index (χ1v) is 10.2. The van der Waals surface area contributed by atoms with E-state index in [0.29, 0.717) is 22.6 Å². The molecular weight excluding hydrogens is 356 g/mol. The van der Waals surface area contributed by atoms with E-state index in [-0.39, 0.29) is 11.8 Å². The summed E-state index contributed by atoms with van der Waals surface area (Å²) < 4.78 is 0. The molecule has 0 radical (unpaired) electrons. The molecule has 1 fully saturated rings. The molecule has 0 saturated heterocycles. The van der Waals surface area contributed by atoms with Crippen molar-refractivity contribution in [1.29, 1.82) is 0 Å². The lowest BCUT2D eigenvalue weighted by atomic mass is 10.2. The predicted molar refractivity (Wildman–Crippen MR) is 101 cm³/mol. The third kappa shape index (κ3) is 5.54. The molecule has 1 aliphatic rings. The van der Waals surface area contributed by atoms with Crippen molar-refractivity contribution in [3.63, 3.8) is 0 Å². The number of rotatable bonds is 7. The Labute approximate surface area is 154 Å². The van der Waals surface area contributed by atoms with E-state index >= 15 is 0 Å². The van der Waals surface area contributed by atoms with Gasteiger partial charge in [0.25, 0.3) is 5.91 Å². The second kappa shape index (κ2) is 8.96. The van der Waals surface area contributed by atoms with Gasteiger partial charge in [-0.3, -0.25) is 9.59 Å². The molecule has 132 valence electrons. The van der Waals surface area contributed by atoms with Gasteiger partial charge < -0.3 is 10.6 Å². The summed E-state index contributed by atoms with van der Waals surface area (Å²) in [6.45, 7) is 0. The molecule has 6 nitrogen and oxygen atoms in total. The van der Waals surface area contributed by atoms with Gasteiger partial charge >= 0.3 is 0 Å². The zero-order valence-electron chi connectivity index (χ0n) is 13.7. The first-order chi connectivity index (χ1) is 12.2. The number of carbonyl (C=O) groups is 2. The molecule has 3 rings (SSSR count). The Morgan fingerprint density at radius 1 is 1.16 bits per heavy atom. The third-order valence-electron chi connectivity index (χ3n) is 3.87. The smallest absolute Gasteiger partial charge is 0.286 e. The second-order valence-electron chi connectivity index (χ2n) is 5.86. The molecule has 2 N–H and O–H groups in total. The van der Waals surface area contributed by atoms with Crippen LogP contribution in [0.25, 0.3) is 0 Å². The van der Waals surface area contributed by atoms with Crippen molar-refractivity contribution in [2.24, 2.45) is 0 Å². The van der Waals surface area contributed by atoms with Crippen molar-refractivity contribution in [1.82, 2.24) is 15.5 Å². The SMILES string of the molecule is O=C(CSCc1nnc(C(=O)Nc2ccccc2)s1)NC1CCCC1. The minimum atomic E-state index is -0.265. The number of hydrogen-bond acceptors (Lipinski definition) is 6. The van der Waals surface area contributed by atoms with Gasteiger partial charge in [-0.1, -0.05) is 42.4 Å². The fourth-order valence-electron chi connectivity index (χ4n) is 2.68. The van der Waals surface area contributed by atoms with E-state index < -0.39 is 0 Å². The molecule has 0 bridgehead atoms. The highest BCUT2D eigenvalue weighted by atomic mass is 32.2. The van der Waals surface area contributed by atoms with Crippen molar-refractivity contribution >= 4 is 40.6 Å². The van der Waals surface area contributed by atoms with E-state index in [9.17, 15) is 9.59 Å². The van der Waals surface area contributed by atoms with Crippen LogP contribution in [0.5, 0.6) is 0 Å². The average molecular weight is 377 g/mol. The molecule has 8 heteroatoms. The molecule has 1 aromatic carbocycles.